The Labute approximate surface area is 212 Å². The SMILES string of the molecule is CC(NC(=O)c1nc(-c2ccccc2)cnc1N)c1cc2cccc(Cl)c2c(=O)n1-c1ccccc1. The highest BCUT2D eigenvalue weighted by molar-refractivity contribution is 6.35. The molecular formula is C28H22ClN5O2. The van der Waals surface area contributed by atoms with Gasteiger partial charge in [0, 0.05) is 16.9 Å². The molecule has 178 valence electrons. The number of fused-ring (bicyclic) bond motifs is 1. The normalized spacial score (nSPS) is 11.8. The summed E-state index contributed by atoms with van der Waals surface area (Å²) in [6.07, 6.45) is 1.53. The third-order valence-corrected chi connectivity index (χ3v) is 6.23. The van der Waals surface area contributed by atoms with Crippen molar-refractivity contribution in [3.05, 3.63) is 118 Å². The molecular weight excluding hydrogens is 474 g/mol. The number of nitrogens with zero attached hydrogens (tertiary/aromatic N) is 3. The average Bonchev–Trinajstić information content (AvgIpc) is 2.89. The molecule has 0 saturated carbocycles. The molecule has 0 saturated heterocycles. The van der Waals surface area contributed by atoms with Gasteiger partial charge in [-0.1, -0.05) is 72.3 Å². The number of anilines is 1. The van der Waals surface area contributed by atoms with Gasteiger partial charge >= 0.3 is 0 Å². The molecule has 1 unspecified atom stereocenters. The second kappa shape index (κ2) is 9.64. The zero-order valence-electron chi connectivity index (χ0n) is 19.4. The minimum absolute atomic E-state index is 0.0145. The summed E-state index contributed by atoms with van der Waals surface area (Å²) in [6, 6.07) is 25.2. The Morgan fingerprint density at radius 3 is 2.42 bits per heavy atom. The van der Waals surface area contributed by atoms with Crippen LogP contribution < -0.4 is 16.6 Å². The summed E-state index contributed by atoms with van der Waals surface area (Å²) in [4.78, 5) is 35.5. The smallest absolute Gasteiger partial charge is 0.274 e. The van der Waals surface area contributed by atoms with Gasteiger partial charge in [-0.25, -0.2) is 9.97 Å². The van der Waals surface area contributed by atoms with Gasteiger partial charge in [-0.3, -0.25) is 14.2 Å². The summed E-state index contributed by atoms with van der Waals surface area (Å²) in [5, 5.41) is 4.40. The fourth-order valence-electron chi connectivity index (χ4n) is 4.15. The van der Waals surface area contributed by atoms with Crippen molar-refractivity contribution in [3.63, 3.8) is 0 Å². The third kappa shape index (κ3) is 4.32. The van der Waals surface area contributed by atoms with Crippen molar-refractivity contribution >= 4 is 34.1 Å². The largest absolute Gasteiger partial charge is 0.382 e. The molecule has 3 aromatic carbocycles. The van der Waals surface area contributed by atoms with Crippen LogP contribution in [0, 0.1) is 0 Å². The van der Waals surface area contributed by atoms with E-state index in [1.54, 1.807) is 23.6 Å². The second-order valence-electron chi connectivity index (χ2n) is 8.30. The molecule has 1 amide bonds. The number of hydrogen-bond donors (Lipinski definition) is 2. The van der Waals surface area contributed by atoms with Gasteiger partial charge in [0.2, 0.25) is 0 Å². The molecule has 0 bridgehead atoms. The number of carbonyl (C=O) groups is 1. The number of pyridine rings is 1. The molecule has 8 heteroatoms. The van der Waals surface area contributed by atoms with Gasteiger partial charge in [0.25, 0.3) is 11.5 Å². The minimum atomic E-state index is -0.574. The average molecular weight is 496 g/mol. The lowest BCUT2D eigenvalue weighted by Crippen LogP contribution is -2.33. The Kier molecular flexibility index (Phi) is 6.23. The van der Waals surface area contributed by atoms with Gasteiger partial charge in [-0.2, -0.15) is 0 Å². The molecule has 5 aromatic rings. The Balaban J connectivity index is 1.57. The van der Waals surface area contributed by atoms with Crippen LogP contribution in [0.2, 0.25) is 5.02 Å². The first-order valence-corrected chi connectivity index (χ1v) is 11.7. The molecule has 0 aliphatic rings. The van der Waals surface area contributed by atoms with Crippen LogP contribution in [0.3, 0.4) is 0 Å². The van der Waals surface area contributed by atoms with Crippen molar-refractivity contribution in [2.75, 3.05) is 5.73 Å². The number of para-hydroxylation sites is 1. The molecule has 0 spiro atoms. The molecule has 1 atom stereocenters. The summed E-state index contributed by atoms with van der Waals surface area (Å²) < 4.78 is 1.56. The van der Waals surface area contributed by atoms with Crippen LogP contribution in [0.15, 0.2) is 95.9 Å². The number of nitrogens with two attached hydrogens (primary N) is 1. The Morgan fingerprint density at radius 2 is 1.69 bits per heavy atom. The molecule has 0 fully saturated rings. The molecule has 7 nitrogen and oxygen atoms in total. The van der Waals surface area contributed by atoms with E-state index < -0.39 is 11.9 Å². The van der Waals surface area contributed by atoms with Crippen LogP contribution in [0.4, 0.5) is 5.82 Å². The van der Waals surface area contributed by atoms with E-state index in [1.165, 1.54) is 6.20 Å². The molecule has 0 radical (unpaired) electrons. The van der Waals surface area contributed by atoms with Crippen molar-refractivity contribution in [3.8, 4) is 16.9 Å². The summed E-state index contributed by atoms with van der Waals surface area (Å²) in [5.41, 5.74) is 8.35. The zero-order valence-corrected chi connectivity index (χ0v) is 20.1. The van der Waals surface area contributed by atoms with Crippen LogP contribution in [-0.4, -0.2) is 20.4 Å². The summed E-state index contributed by atoms with van der Waals surface area (Å²) in [7, 11) is 0. The number of amides is 1. The first kappa shape index (κ1) is 23.3. The van der Waals surface area contributed by atoms with Crippen molar-refractivity contribution in [1.29, 1.82) is 0 Å². The van der Waals surface area contributed by atoms with E-state index in [2.05, 4.69) is 15.3 Å². The minimum Gasteiger partial charge on any atom is -0.382 e. The number of nitrogen functional groups attached to an aromatic ring is 1. The van der Waals surface area contributed by atoms with E-state index in [0.29, 0.717) is 32.9 Å². The maximum absolute atomic E-state index is 13.6. The topological polar surface area (TPSA) is 103 Å². The lowest BCUT2D eigenvalue weighted by Gasteiger charge is -2.21. The summed E-state index contributed by atoms with van der Waals surface area (Å²) in [6.45, 7) is 1.80. The molecule has 2 aromatic heterocycles. The van der Waals surface area contributed by atoms with Gasteiger partial charge in [0.1, 0.15) is 0 Å². The molecule has 2 heterocycles. The molecule has 3 N–H and O–H groups in total. The first-order chi connectivity index (χ1) is 17.4. The summed E-state index contributed by atoms with van der Waals surface area (Å²) in [5.74, 6) is -0.478. The number of carbonyl (C=O) groups excluding carboxylic acids is 1. The monoisotopic (exact) mass is 495 g/mol. The van der Waals surface area contributed by atoms with Crippen molar-refractivity contribution in [1.82, 2.24) is 19.9 Å². The number of halogens is 1. The van der Waals surface area contributed by atoms with Crippen molar-refractivity contribution in [2.24, 2.45) is 0 Å². The standard InChI is InChI=1S/C28H22ClN5O2/c1-17(32-27(35)25-26(30)31-16-22(33-25)18-9-4-2-5-10-18)23-15-19-11-8-14-21(29)24(19)28(36)34(23)20-12-6-3-7-13-20/h2-17H,1H3,(H2,30,31)(H,32,35). The molecule has 0 aliphatic carbocycles. The van der Waals surface area contributed by atoms with Crippen LogP contribution in [0.1, 0.15) is 29.1 Å². The van der Waals surface area contributed by atoms with Gasteiger partial charge in [-0.15, -0.1) is 0 Å². The van der Waals surface area contributed by atoms with Gasteiger partial charge < -0.3 is 11.1 Å². The highest BCUT2D eigenvalue weighted by atomic mass is 35.5. The first-order valence-electron chi connectivity index (χ1n) is 11.3. The number of rotatable bonds is 5. The predicted molar refractivity (Wildman–Crippen MR) is 142 cm³/mol. The van der Waals surface area contributed by atoms with E-state index in [9.17, 15) is 9.59 Å². The fourth-order valence-corrected chi connectivity index (χ4v) is 4.42. The zero-order chi connectivity index (χ0) is 25.2. The van der Waals surface area contributed by atoms with Crippen LogP contribution >= 0.6 is 11.6 Å². The lowest BCUT2D eigenvalue weighted by atomic mass is 10.1. The van der Waals surface area contributed by atoms with Crippen molar-refractivity contribution < 1.29 is 4.79 Å². The van der Waals surface area contributed by atoms with E-state index in [0.717, 1.165) is 5.56 Å². The van der Waals surface area contributed by atoms with Gasteiger partial charge in [0.15, 0.2) is 11.5 Å². The second-order valence-corrected chi connectivity index (χ2v) is 8.71. The number of nitrogens with one attached hydrogen (secondary N) is 1. The van der Waals surface area contributed by atoms with E-state index in [4.69, 9.17) is 17.3 Å². The number of benzene rings is 3. The molecule has 36 heavy (non-hydrogen) atoms. The van der Waals surface area contributed by atoms with Gasteiger partial charge in [-0.05, 0) is 36.6 Å². The predicted octanol–water partition coefficient (Wildman–Crippen LogP) is 5.17. The van der Waals surface area contributed by atoms with E-state index >= 15 is 0 Å². The quantitative estimate of drug-likeness (QED) is 0.350. The Morgan fingerprint density at radius 1 is 1.00 bits per heavy atom. The van der Waals surface area contributed by atoms with Crippen LogP contribution in [0.5, 0.6) is 0 Å². The van der Waals surface area contributed by atoms with E-state index in [1.807, 2.05) is 72.8 Å². The third-order valence-electron chi connectivity index (χ3n) is 5.92. The number of aromatic nitrogens is 3. The highest BCUT2D eigenvalue weighted by Crippen LogP contribution is 2.26. The maximum atomic E-state index is 13.6. The van der Waals surface area contributed by atoms with Crippen molar-refractivity contribution in [2.45, 2.75) is 13.0 Å². The Hall–Kier alpha value is -4.49. The summed E-state index contributed by atoms with van der Waals surface area (Å²) >= 11 is 6.39. The Bertz CT molecular complexity index is 1640. The van der Waals surface area contributed by atoms with E-state index in [-0.39, 0.29) is 17.1 Å². The maximum Gasteiger partial charge on any atom is 0.274 e. The molecule has 0 aliphatic heterocycles. The van der Waals surface area contributed by atoms with Crippen LogP contribution in [-0.2, 0) is 0 Å². The lowest BCUT2D eigenvalue weighted by molar-refractivity contribution is 0.0934. The van der Waals surface area contributed by atoms with Gasteiger partial charge in [0.05, 0.1) is 28.3 Å². The fraction of sp³-hybridized carbons (Fsp3) is 0.0714. The highest BCUT2D eigenvalue weighted by Gasteiger charge is 2.22. The van der Waals surface area contributed by atoms with Crippen LogP contribution in [0.25, 0.3) is 27.7 Å². The molecule has 5 rings (SSSR count). The number of hydrogen-bond acceptors (Lipinski definition) is 5.